The molecule has 0 unspecified atom stereocenters. The third kappa shape index (κ3) is 4.70. The highest BCUT2D eigenvalue weighted by Crippen LogP contribution is 2.23. The predicted molar refractivity (Wildman–Crippen MR) is 84.3 cm³/mol. The van der Waals surface area contributed by atoms with Crippen molar-refractivity contribution in [3.8, 4) is 5.75 Å². The molecule has 1 saturated heterocycles. The van der Waals surface area contributed by atoms with Crippen LogP contribution in [0, 0.1) is 20.8 Å². The summed E-state index contributed by atoms with van der Waals surface area (Å²) in [4.78, 5) is 3.09. The maximum Gasteiger partial charge on any atom is 0.137 e. The van der Waals surface area contributed by atoms with Crippen LogP contribution in [0.4, 0.5) is 0 Å². The summed E-state index contributed by atoms with van der Waals surface area (Å²) in [5.41, 5.74) is 3.62. The quantitative estimate of drug-likeness (QED) is 0.636. The minimum Gasteiger partial charge on any atom is -0.490 e. The van der Waals surface area contributed by atoms with Gasteiger partial charge in [0.2, 0.25) is 0 Å². The normalized spacial score (nSPS) is 23.9. The topological polar surface area (TPSA) is 38.3 Å². The van der Waals surface area contributed by atoms with E-state index >= 15 is 0 Å². The van der Waals surface area contributed by atoms with Crippen molar-refractivity contribution in [2.45, 2.75) is 26.9 Å². The summed E-state index contributed by atoms with van der Waals surface area (Å²) >= 11 is 0. The number of hydrogen-bond donors (Lipinski definition) is 3. The summed E-state index contributed by atoms with van der Waals surface area (Å²) in [6, 6.07) is 4.22. The second-order valence-electron chi connectivity index (χ2n) is 6.58. The van der Waals surface area contributed by atoms with Crippen LogP contribution in [0.25, 0.3) is 0 Å². The standard InChI is InChI=1S/C17H28N2O2/c1-13-9-14(2)15(3)17(10-13)21-12-16(20)11-19-7-5-18(4)6-8-19/h9-10,16,20H,5-8,11-12H2,1-4H3/p+2/t16-/m1/s1. The van der Waals surface area contributed by atoms with E-state index in [0.29, 0.717) is 6.61 Å². The van der Waals surface area contributed by atoms with Gasteiger partial charge in [-0.25, -0.2) is 0 Å². The molecule has 4 heteroatoms. The predicted octanol–water partition coefficient (Wildman–Crippen LogP) is -1.24. The van der Waals surface area contributed by atoms with Crippen LogP contribution < -0.4 is 14.5 Å². The molecule has 0 bridgehead atoms. The van der Waals surface area contributed by atoms with E-state index in [2.05, 4.69) is 40.0 Å². The first-order valence-corrected chi connectivity index (χ1v) is 7.99. The van der Waals surface area contributed by atoms with Gasteiger partial charge >= 0.3 is 0 Å². The number of piperazine rings is 1. The SMILES string of the molecule is Cc1cc(C)c(C)c(OC[C@H](O)C[NH+]2CC[NH+](C)CC2)c1. The number of nitrogens with one attached hydrogen (secondary N) is 2. The van der Waals surface area contributed by atoms with Crippen LogP contribution in [0.2, 0.25) is 0 Å². The van der Waals surface area contributed by atoms with Gasteiger partial charge in [-0.1, -0.05) is 6.07 Å². The van der Waals surface area contributed by atoms with Gasteiger partial charge in [-0.15, -0.1) is 0 Å². The zero-order chi connectivity index (χ0) is 15.4. The summed E-state index contributed by atoms with van der Waals surface area (Å²) in [6.07, 6.45) is -0.390. The fourth-order valence-corrected chi connectivity index (χ4v) is 2.96. The third-order valence-corrected chi connectivity index (χ3v) is 4.53. The van der Waals surface area contributed by atoms with Crippen molar-refractivity contribution in [1.29, 1.82) is 0 Å². The van der Waals surface area contributed by atoms with Gasteiger partial charge in [0.05, 0.1) is 7.05 Å². The molecule has 2 rings (SSSR count). The molecule has 1 aliphatic heterocycles. The van der Waals surface area contributed by atoms with Gasteiger partial charge in [0, 0.05) is 0 Å². The maximum absolute atomic E-state index is 10.2. The Balaban J connectivity index is 1.82. The van der Waals surface area contributed by atoms with E-state index in [9.17, 15) is 5.11 Å². The van der Waals surface area contributed by atoms with Crippen LogP contribution >= 0.6 is 0 Å². The molecule has 1 aromatic rings. The molecule has 21 heavy (non-hydrogen) atoms. The van der Waals surface area contributed by atoms with Gasteiger partial charge in [0.15, 0.2) is 0 Å². The highest BCUT2D eigenvalue weighted by Gasteiger charge is 2.22. The lowest BCUT2D eigenvalue weighted by atomic mass is 10.1. The molecule has 0 aromatic heterocycles. The Morgan fingerprint density at radius 2 is 1.81 bits per heavy atom. The van der Waals surface area contributed by atoms with Crippen molar-refractivity contribution in [3.05, 3.63) is 28.8 Å². The lowest BCUT2D eigenvalue weighted by Crippen LogP contribution is -3.27. The molecule has 0 saturated carbocycles. The summed E-state index contributed by atoms with van der Waals surface area (Å²) in [7, 11) is 2.24. The van der Waals surface area contributed by atoms with E-state index in [1.165, 1.54) is 34.7 Å². The van der Waals surface area contributed by atoms with E-state index in [1.807, 2.05) is 0 Å². The first kappa shape index (κ1) is 16.3. The minimum atomic E-state index is -0.390. The highest BCUT2D eigenvalue weighted by molar-refractivity contribution is 5.41. The van der Waals surface area contributed by atoms with E-state index in [-0.39, 0.29) is 0 Å². The maximum atomic E-state index is 10.2. The van der Waals surface area contributed by atoms with Crippen molar-refractivity contribution in [3.63, 3.8) is 0 Å². The Morgan fingerprint density at radius 1 is 1.14 bits per heavy atom. The van der Waals surface area contributed by atoms with Crippen molar-refractivity contribution in [2.24, 2.45) is 0 Å². The van der Waals surface area contributed by atoms with E-state index in [1.54, 1.807) is 4.90 Å². The average Bonchev–Trinajstić information content (AvgIpc) is 2.44. The minimum absolute atomic E-state index is 0.385. The van der Waals surface area contributed by atoms with Gasteiger partial charge in [-0.05, 0) is 43.5 Å². The molecule has 1 aliphatic rings. The molecule has 1 aromatic carbocycles. The van der Waals surface area contributed by atoms with Crippen molar-refractivity contribution >= 4 is 0 Å². The number of hydrogen-bond acceptors (Lipinski definition) is 2. The van der Waals surface area contributed by atoms with Crippen LogP contribution in [0.1, 0.15) is 16.7 Å². The smallest absolute Gasteiger partial charge is 0.137 e. The van der Waals surface area contributed by atoms with Crippen LogP contribution in [0.3, 0.4) is 0 Å². The fourth-order valence-electron chi connectivity index (χ4n) is 2.96. The number of quaternary nitrogens is 2. The van der Waals surface area contributed by atoms with Gasteiger partial charge < -0.3 is 19.6 Å². The molecule has 1 fully saturated rings. The lowest BCUT2D eigenvalue weighted by Gasteiger charge is -2.28. The fraction of sp³-hybridized carbons (Fsp3) is 0.647. The Kier molecular flexibility index (Phi) is 5.62. The number of ether oxygens (including phenoxy) is 1. The van der Waals surface area contributed by atoms with Gasteiger partial charge in [0.25, 0.3) is 0 Å². The van der Waals surface area contributed by atoms with Crippen LogP contribution in [0.15, 0.2) is 12.1 Å². The Morgan fingerprint density at radius 3 is 2.48 bits per heavy atom. The monoisotopic (exact) mass is 294 g/mol. The molecule has 1 atom stereocenters. The van der Waals surface area contributed by atoms with Gasteiger partial charge in [-0.2, -0.15) is 0 Å². The van der Waals surface area contributed by atoms with Gasteiger partial charge in [0.1, 0.15) is 51.2 Å². The third-order valence-electron chi connectivity index (χ3n) is 4.53. The summed E-state index contributed by atoms with van der Waals surface area (Å²) in [5, 5.41) is 10.2. The number of aliphatic hydroxyl groups is 1. The summed E-state index contributed by atoms with van der Waals surface area (Å²) in [5.74, 6) is 0.907. The Labute approximate surface area is 128 Å². The Hall–Kier alpha value is -1.10. The van der Waals surface area contributed by atoms with Crippen LogP contribution in [0.5, 0.6) is 5.75 Å². The molecule has 118 valence electrons. The molecule has 1 heterocycles. The molecule has 0 amide bonds. The van der Waals surface area contributed by atoms with E-state index in [0.717, 1.165) is 25.4 Å². The van der Waals surface area contributed by atoms with Crippen molar-refractivity contribution < 1.29 is 19.6 Å². The number of aliphatic hydroxyl groups excluding tert-OH is 1. The number of aryl methyl sites for hydroxylation is 2. The number of benzene rings is 1. The zero-order valence-corrected chi connectivity index (χ0v) is 13.8. The van der Waals surface area contributed by atoms with E-state index < -0.39 is 6.10 Å². The van der Waals surface area contributed by atoms with Crippen molar-refractivity contribution in [2.75, 3.05) is 46.4 Å². The molecular weight excluding hydrogens is 264 g/mol. The molecule has 0 aliphatic carbocycles. The van der Waals surface area contributed by atoms with Crippen LogP contribution in [-0.4, -0.2) is 57.6 Å². The largest absolute Gasteiger partial charge is 0.490 e. The highest BCUT2D eigenvalue weighted by atomic mass is 16.5. The van der Waals surface area contributed by atoms with Crippen molar-refractivity contribution in [1.82, 2.24) is 0 Å². The Bertz CT molecular complexity index is 468. The molecule has 4 nitrogen and oxygen atoms in total. The zero-order valence-electron chi connectivity index (χ0n) is 13.8. The number of rotatable bonds is 5. The molecule has 3 N–H and O–H groups in total. The first-order chi connectivity index (χ1) is 9.95. The van der Waals surface area contributed by atoms with Crippen LogP contribution in [-0.2, 0) is 0 Å². The second kappa shape index (κ2) is 7.25. The lowest BCUT2D eigenvalue weighted by molar-refractivity contribution is -1.00. The summed E-state index contributed by atoms with van der Waals surface area (Å²) < 4.78 is 5.85. The molecule has 0 radical (unpaired) electrons. The average molecular weight is 294 g/mol. The molecular formula is C17H30N2O2+2. The summed E-state index contributed by atoms with van der Waals surface area (Å²) in [6.45, 7) is 12.1. The molecule has 0 spiro atoms. The second-order valence-corrected chi connectivity index (χ2v) is 6.58. The first-order valence-electron chi connectivity index (χ1n) is 7.99. The van der Waals surface area contributed by atoms with Gasteiger partial charge in [-0.3, -0.25) is 0 Å². The van der Waals surface area contributed by atoms with E-state index in [4.69, 9.17) is 4.74 Å². The number of likely N-dealkylation sites (N-methyl/N-ethyl adjacent to an activating group) is 1.